The number of aliphatic hydroxyl groups is 1. The van der Waals surface area contributed by atoms with Gasteiger partial charge in [-0.25, -0.2) is 4.39 Å². The van der Waals surface area contributed by atoms with Gasteiger partial charge < -0.3 is 14.6 Å². The highest BCUT2D eigenvalue weighted by molar-refractivity contribution is 5.42. The van der Waals surface area contributed by atoms with Gasteiger partial charge in [0.2, 0.25) is 0 Å². The topological polar surface area (TPSA) is 38.7 Å². The first kappa shape index (κ1) is 11.5. The summed E-state index contributed by atoms with van der Waals surface area (Å²) in [5.74, 6) is 5.27. The summed E-state index contributed by atoms with van der Waals surface area (Å²) in [4.78, 5) is 0. The molecule has 0 radical (unpaired) electrons. The molecule has 17 heavy (non-hydrogen) atoms. The molecule has 3 nitrogen and oxygen atoms in total. The third kappa shape index (κ3) is 2.77. The van der Waals surface area contributed by atoms with E-state index in [1.807, 2.05) is 0 Å². The van der Waals surface area contributed by atoms with Crippen molar-refractivity contribution in [3.8, 4) is 11.8 Å². The summed E-state index contributed by atoms with van der Waals surface area (Å²) in [5.41, 5.74) is 1.17. The summed E-state index contributed by atoms with van der Waals surface area (Å²) < 4.78 is 23.5. The largest absolute Gasteiger partial charge is 0.455 e. The predicted molar refractivity (Wildman–Crippen MR) is 59.0 cm³/mol. The van der Waals surface area contributed by atoms with Crippen LogP contribution in [0.15, 0.2) is 30.7 Å². The van der Waals surface area contributed by atoms with E-state index in [1.165, 1.54) is 24.7 Å². The first-order chi connectivity index (χ1) is 8.31. The van der Waals surface area contributed by atoms with Gasteiger partial charge in [-0.05, 0) is 18.2 Å². The molecular weight excluding hydrogens is 223 g/mol. The highest BCUT2D eigenvalue weighted by Crippen LogP contribution is 2.27. The molecule has 4 heteroatoms. The zero-order chi connectivity index (χ0) is 12.1. The fourth-order valence-corrected chi connectivity index (χ4v) is 1.44. The Morgan fingerprint density at radius 1 is 1.29 bits per heavy atom. The van der Waals surface area contributed by atoms with Gasteiger partial charge in [0.05, 0.1) is 12.2 Å². The normalized spacial score (nSPS) is 13.8. The minimum atomic E-state index is -0.649. The van der Waals surface area contributed by atoms with E-state index >= 15 is 0 Å². The van der Waals surface area contributed by atoms with Gasteiger partial charge in [-0.3, -0.25) is 0 Å². The van der Waals surface area contributed by atoms with E-state index in [9.17, 15) is 4.39 Å². The Hall–Kier alpha value is -1.99. The molecule has 0 spiro atoms. The van der Waals surface area contributed by atoms with Crippen LogP contribution in [0.1, 0.15) is 23.8 Å². The van der Waals surface area contributed by atoms with Gasteiger partial charge in [-0.15, -0.1) is 0 Å². The van der Waals surface area contributed by atoms with Gasteiger partial charge in [0.15, 0.2) is 0 Å². The number of hydrogen-bond acceptors (Lipinski definition) is 3. The summed E-state index contributed by atoms with van der Waals surface area (Å²) in [7, 11) is 0. The van der Waals surface area contributed by atoms with Crippen molar-refractivity contribution in [2.24, 2.45) is 0 Å². The molecule has 0 aromatic heterocycles. The molecule has 1 aromatic carbocycles. The number of aliphatic hydroxyl groups excluding tert-OH is 1. The molecule has 0 saturated heterocycles. The van der Waals surface area contributed by atoms with Crippen LogP contribution < -0.4 is 0 Å². The molecule has 2 rings (SSSR count). The van der Waals surface area contributed by atoms with Crippen LogP contribution in [0.25, 0.3) is 0 Å². The van der Waals surface area contributed by atoms with Crippen LogP contribution in [0.5, 0.6) is 0 Å². The van der Waals surface area contributed by atoms with Crippen molar-refractivity contribution >= 4 is 0 Å². The van der Waals surface area contributed by atoms with Crippen molar-refractivity contribution in [1.29, 1.82) is 0 Å². The molecule has 0 saturated carbocycles. The lowest BCUT2D eigenvalue weighted by molar-refractivity contribution is -0.0249. The number of halogens is 1. The Morgan fingerprint density at radius 3 is 2.76 bits per heavy atom. The molecule has 0 aliphatic carbocycles. The third-order valence-corrected chi connectivity index (χ3v) is 2.19. The van der Waals surface area contributed by atoms with Crippen molar-refractivity contribution in [2.45, 2.75) is 12.7 Å². The van der Waals surface area contributed by atoms with Crippen LogP contribution in [0.2, 0.25) is 0 Å². The molecule has 1 aliphatic rings. The zero-order valence-corrected chi connectivity index (χ0v) is 9.02. The molecule has 88 valence electrons. The smallest absolute Gasteiger partial charge is 0.267 e. The van der Waals surface area contributed by atoms with Crippen molar-refractivity contribution in [3.63, 3.8) is 0 Å². The van der Waals surface area contributed by atoms with Gasteiger partial charge >= 0.3 is 0 Å². The summed E-state index contributed by atoms with van der Waals surface area (Å²) >= 11 is 0. The van der Waals surface area contributed by atoms with Crippen LogP contribution >= 0.6 is 0 Å². The van der Waals surface area contributed by atoms with Crippen LogP contribution in [0, 0.1) is 17.7 Å². The van der Waals surface area contributed by atoms with E-state index in [2.05, 4.69) is 11.8 Å². The van der Waals surface area contributed by atoms with Crippen molar-refractivity contribution in [1.82, 2.24) is 0 Å². The first-order valence-corrected chi connectivity index (χ1v) is 5.16. The van der Waals surface area contributed by atoms with Crippen molar-refractivity contribution in [3.05, 3.63) is 47.7 Å². The van der Waals surface area contributed by atoms with Crippen molar-refractivity contribution in [2.75, 3.05) is 6.61 Å². The molecule has 1 aromatic rings. The molecule has 1 heterocycles. The molecule has 0 atom stereocenters. The maximum absolute atomic E-state index is 13.2. The minimum absolute atomic E-state index is 0.00150. The summed E-state index contributed by atoms with van der Waals surface area (Å²) in [6.07, 6.45) is 2.53. The summed E-state index contributed by atoms with van der Waals surface area (Å²) in [6, 6.07) is 4.23. The number of benzene rings is 1. The fraction of sp³-hybridized carbons (Fsp3) is 0.231. The second-order valence-electron chi connectivity index (χ2n) is 3.38. The molecule has 1 aliphatic heterocycles. The highest BCUT2D eigenvalue weighted by Gasteiger charge is 2.19. The summed E-state index contributed by atoms with van der Waals surface area (Å²) in [6.45, 7) is 0.00150. The van der Waals surface area contributed by atoms with Gasteiger partial charge in [0, 0.05) is 12.0 Å². The van der Waals surface area contributed by atoms with Gasteiger partial charge in [0.1, 0.15) is 18.3 Å². The lowest BCUT2D eigenvalue weighted by atomic mass is 10.1. The fourth-order valence-electron chi connectivity index (χ4n) is 1.44. The number of rotatable bonds is 2. The maximum atomic E-state index is 13.2. The Morgan fingerprint density at radius 2 is 2.06 bits per heavy atom. The van der Waals surface area contributed by atoms with Crippen LogP contribution in [-0.2, 0) is 9.47 Å². The Balaban J connectivity index is 2.28. The standard InChI is InChI=1S/C13H11FO3/c14-11-5-4-10(3-1-2-6-15)12(9-11)13-16-7-8-17-13/h4-5,7-9,13,15H,2,6H2. The minimum Gasteiger partial charge on any atom is -0.455 e. The maximum Gasteiger partial charge on any atom is 0.267 e. The average molecular weight is 234 g/mol. The highest BCUT2D eigenvalue weighted by atomic mass is 19.1. The zero-order valence-electron chi connectivity index (χ0n) is 9.02. The van der Waals surface area contributed by atoms with Gasteiger partial charge in [0.25, 0.3) is 6.29 Å². The average Bonchev–Trinajstić information content (AvgIpc) is 2.85. The molecule has 0 fully saturated rings. The van der Waals surface area contributed by atoms with E-state index in [-0.39, 0.29) is 12.4 Å². The van der Waals surface area contributed by atoms with E-state index in [4.69, 9.17) is 14.6 Å². The molecule has 0 amide bonds. The van der Waals surface area contributed by atoms with Crippen LogP contribution in [-0.4, -0.2) is 11.7 Å². The van der Waals surface area contributed by atoms with Crippen LogP contribution in [0.3, 0.4) is 0 Å². The van der Waals surface area contributed by atoms with E-state index in [1.54, 1.807) is 6.07 Å². The Labute approximate surface area is 98.5 Å². The second-order valence-corrected chi connectivity index (χ2v) is 3.38. The van der Waals surface area contributed by atoms with Gasteiger partial charge in [-0.2, -0.15) is 0 Å². The lowest BCUT2D eigenvalue weighted by Crippen LogP contribution is -2.01. The molecule has 0 unspecified atom stereocenters. The van der Waals surface area contributed by atoms with E-state index < -0.39 is 6.29 Å². The number of hydrogen-bond donors (Lipinski definition) is 1. The second kappa shape index (κ2) is 5.37. The Kier molecular flexibility index (Phi) is 3.63. The third-order valence-electron chi connectivity index (χ3n) is 2.19. The van der Waals surface area contributed by atoms with E-state index in [0.717, 1.165) is 0 Å². The Bertz CT molecular complexity index is 477. The quantitative estimate of drug-likeness (QED) is 0.796. The molecular formula is C13H11FO3. The van der Waals surface area contributed by atoms with E-state index in [0.29, 0.717) is 17.5 Å². The molecule has 1 N–H and O–H groups in total. The number of ether oxygens (including phenoxy) is 2. The monoisotopic (exact) mass is 234 g/mol. The SMILES string of the molecule is OCCC#Cc1ccc(F)cc1C1OC=CO1. The molecule has 0 bridgehead atoms. The summed E-state index contributed by atoms with van der Waals surface area (Å²) in [5, 5.41) is 8.65. The lowest BCUT2D eigenvalue weighted by Gasteiger charge is -2.12. The van der Waals surface area contributed by atoms with Gasteiger partial charge in [-0.1, -0.05) is 11.8 Å². The predicted octanol–water partition coefficient (Wildman–Crippen LogP) is 2.08. The first-order valence-electron chi connectivity index (χ1n) is 5.16. The van der Waals surface area contributed by atoms with Crippen molar-refractivity contribution < 1.29 is 19.0 Å². The van der Waals surface area contributed by atoms with Crippen LogP contribution in [0.4, 0.5) is 4.39 Å².